The number of ether oxygens (including phenoxy) is 2. The molecule has 0 N–H and O–H groups in total. The second-order valence-corrected chi connectivity index (χ2v) is 5.81. The summed E-state index contributed by atoms with van der Waals surface area (Å²) in [7, 11) is 1.53. The van der Waals surface area contributed by atoms with Crippen molar-refractivity contribution in [3.63, 3.8) is 0 Å². The molecule has 3 heterocycles. The van der Waals surface area contributed by atoms with Crippen LogP contribution in [0.25, 0.3) is 0 Å². The fourth-order valence-electron chi connectivity index (χ4n) is 3.70. The SMILES string of the molecule is COc1ccccc1N1C(=O)[C@@H]2[C@H]3C=C[C@](C)(O3)[C@H]2C1=O. The van der Waals surface area contributed by atoms with Crippen molar-refractivity contribution in [3.05, 3.63) is 36.4 Å². The largest absolute Gasteiger partial charge is 0.495 e. The summed E-state index contributed by atoms with van der Waals surface area (Å²) < 4.78 is 11.1. The molecule has 3 aliphatic heterocycles. The molecule has 0 aliphatic carbocycles. The maximum Gasteiger partial charge on any atom is 0.241 e. The average molecular weight is 285 g/mol. The third kappa shape index (κ3) is 1.44. The number of hydrogen-bond donors (Lipinski definition) is 0. The lowest BCUT2D eigenvalue weighted by Gasteiger charge is -2.24. The number of fused-ring (bicyclic) bond motifs is 5. The molecular weight excluding hydrogens is 270 g/mol. The van der Waals surface area contributed by atoms with E-state index in [9.17, 15) is 9.59 Å². The Morgan fingerprint density at radius 3 is 2.71 bits per heavy atom. The number of para-hydroxylation sites is 2. The summed E-state index contributed by atoms with van der Waals surface area (Å²) in [5.74, 6) is -0.746. The Labute approximate surface area is 122 Å². The van der Waals surface area contributed by atoms with Crippen LogP contribution in [0.4, 0.5) is 5.69 Å². The highest BCUT2D eigenvalue weighted by Crippen LogP contribution is 2.52. The number of imide groups is 1. The molecular formula is C16H15NO4. The molecule has 0 spiro atoms. The molecule has 4 atom stereocenters. The van der Waals surface area contributed by atoms with Crippen LogP contribution in [0.5, 0.6) is 5.75 Å². The van der Waals surface area contributed by atoms with Gasteiger partial charge in [0.05, 0.1) is 36.3 Å². The molecule has 1 aromatic carbocycles. The minimum atomic E-state index is -0.668. The van der Waals surface area contributed by atoms with Gasteiger partial charge in [-0.2, -0.15) is 0 Å². The highest BCUT2D eigenvalue weighted by Gasteiger charge is 2.66. The molecule has 2 bridgehead atoms. The smallest absolute Gasteiger partial charge is 0.241 e. The summed E-state index contributed by atoms with van der Waals surface area (Å²) >= 11 is 0. The van der Waals surface area contributed by atoms with E-state index in [4.69, 9.17) is 9.47 Å². The van der Waals surface area contributed by atoms with E-state index < -0.39 is 17.4 Å². The van der Waals surface area contributed by atoms with E-state index in [1.807, 2.05) is 25.1 Å². The monoisotopic (exact) mass is 285 g/mol. The van der Waals surface area contributed by atoms with E-state index in [2.05, 4.69) is 0 Å². The van der Waals surface area contributed by atoms with Crippen molar-refractivity contribution in [2.75, 3.05) is 12.0 Å². The maximum absolute atomic E-state index is 12.8. The Morgan fingerprint density at radius 2 is 2.00 bits per heavy atom. The summed E-state index contributed by atoms with van der Waals surface area (Å²) in [6.45, 7) is 1.87. The van der Waals surface area contributed by atoms with Crippen molar-refractivity contribution in [1.29, 1.82) is 0 Å². The zero-order valence-electron chi connectivity index (χ0n) is 11.8. The molecule has 0 aromatic heterocycles. The van der Waals surface area contributed by atoms with Gasteiger partial charge in [-0.1, -0.05) is 24.3 Å². The minimum Gasteiger partial charge on any atom is -0.495 e. The molecule has 3 aliphatic rings. The highest BCUT2D eigenvalue weighted by atomic mass is 16.5. The Balaban J connectivity index is 1.80. The van der Waals surface area contributed by atoms with Crippen LogP contribution in [0.2, 0.25) is 0 Å². The molecule has 4 rings (SSSR count). The number of amides is 2. The number of methoxy groups -OCH3 is 1. The first-order valence-corrected chi connectivity index (χ1v) is 6.95. The van der Waals surface area contributed by atoms with Crippen molar-refractivity contribution < 1.29 is 19.1 Å². The first-order valence-electron chi connectivity index (χ1n) is 6.95. The Kier molecular flexibility index (Phi) is 2.37. The molecule has 0 radical (unpaired) electrons. The van der Waals surface area contributed by atoms with E-state index in [1.165, 1.54) is 12.0 Å². The number of carbonyl (C=O) groups excluding carboxylic acids is 2. The topological polar surface area (TPSA) is 55.8 Å². The molecule has 21 heavy (non-hydrogen) atoms. The zero-order valence-corrected chi connectivity index (χ0v) is 11.8. The van der Waals surface area contributed by atoms with Gasteiger partial charge in [0.1, 0.15) is 5.75 Å². The van der Waals surface area contributed by atoms with Crippen LogP contribution in [0.15, 0.2) is 36.4 Å². The third-order valence-electron chi connectivity index (χ3n) is 4.66. The standard InChI is InChI=1S/C16H15NO4/c1-16-8-7-11(21-16)12-13(16)15(19)17(14(12)18)9-5-3-4-6-10(9)20-2/h3-8,11-13H,1-2H3/t11-,12-,13-,16+/m1/s1. The van der Waals surface area contributed by atoms with Crippen molar-refractivity contribution >= 4 is 17.5 Å². The summed E-state index contributed by atoms with van der Waals surface area (Å²) in [6, 6.07) is 7.07. The number of rotatable bonds is 2. The van der Waals surface area contributed by atoms with Gasteiger partial charge < -0.3 is 9.47 Å². The fourth-order valence-corrected chi connectivity index (χ4v) is 3.70. The second kappa shape index (κ2) is 3.95. The van der Waals surface area contributed by atoms with E-state index in [0.717, 1.165) is 0 Å². The third-order valence-corrected chi connectivity index (χ3v) is 4.66. The van der Waals surface area contributed by atoms with Gasteiger partial charge in [-0.15, -0.1) is 0 Å². The van der Waals surface area contributed by atoms with E-state index in [-0.39, 0.29) is 17.9 Å². The average Bonchev–Trinajstić information content (AvgIpc) is 3.08. The molecule has 108 valence electrons. The maximum atomic E-state index is 12.8. The first kappa shape index (κ1) is 12.6. The van der Waals surface area contributed by atoms with Gasteiger partial charge in [0.25, 0.3) is 0 Å². The van der Waals surface area contributed by atoms with Gasteiger partial charge in [0.15, 0.2) is 0 Å². The predicted molar refractivity (Wildman–Crippen MR) is 74.9 cm³/mol. The molecule has 1 aromatic rings. The Hall–Kier alpha value is -2.14. The minimum absolute atomic E-state index is 0.201. The quantitative estimate of drug-likeness (QED) is 0.611. The molecule has 2 amide bonds. The normalized spacial score (nSPS) is 36.5. The Bertz CT molecular complexity index is 683. The summed E-state index contributed by atoms with van der Waals surface area (Å²) in [5, 5.41) is 0. The second-order valence-electron chi connectivity index (χ2n) is 5.81. The van der Waals surface area contributed by atoms with Crippen LogP contribution >= 0.6 is 0 Å². The van der Waals surface area contributed by atoms with Crippen molar-refractivity contribution in [3.8, 4) is 5.75 Å². The Morgan fingerprint density at radius 1 is 1.24 bits per heavy atom. The van der Waals surface area contributed by atoms with Crippen molar-refractivity contribution in [2.45, 2.75) is 18.6 Å². The van der Waals surface area contributed by atoms with E-state index in [1.54, 1.807) is 18.2 Å². The van der Waals surface area contributed by atoms with Gasteiger partial charge in [-0.3, -0.25) is 9.59 Å². The van der Waals surface area contributed by atoms with Gasteiger partial charge in [0.2, 0.25) is 11.8 Å². The van der Waals surface area contributed by atoms with E-state index in [0.29, 0.717) is 11.4 Å². The number of carbonyl (C=O) groups is 2. The summed E-state index contributed by atoms with van der Waals surface area (Å²) in [4.78, 5) is 26.8. The zero-order chi connectivity index (χ0) is 14.8. The van der Waals surface area contributed by atoms with Crippen LogP contribution in [0.1, 0.15) is 6.92 Å². The lowest BCUT2D eigenvalue weighted by Crippen LogP contribution is -2.38. The first-order chi connectivity index (χ1) is 10.1. The lowest BCUT2D eigenvalue weighted by atomic mass is 9.78. The molecule has 2 saturated heterocycles. The van der Waals surface area contributed by atoms with Crippen molar-refractivity contribution in [2.24, 2.45) is 11.8 Å². The van der Waals surface area contributed by atoms with Gasteiger partial charge in [-0.05, 0) is 19.1 Å². The van der Waals surface area contributed by atoms with Gasteiger partial charge in [-0.25, -0.2) is 4.90 Å². The van der Waals surface area contributed by atoms with E-state index >= 15 is 0 Å². The predicted octanol–water partition coefficient (Wildman–Crippen LogP) is 1.53. The van der Waals surface area contributed by atoms with Crippen molar-refractivity contribution in [1.82, 2.24) is 0 Å². The number of anilines is 1. The molecule has 2 fully saturated rings. The van der Waals surface area contributed by atoms with Crippen LogP contribution in [-0.2, 0) is 14.3 Å². The fraction of sp³-hybridized carbons (Fsp3) is 0.375. The molecule has 0 saturated carbocycles. The summed E-state index contributed by atoms with van der Waals surface area (Å²) in [5.41, 5.74) is -0.161. The van der Waals surface area contributed by atoms with Gasteiger partial charge in [0, 0.05) is 0 Å². The number of nitrogens with zero attached hydrogens (tertiary/aromatic N) is 1. The molecule has 5 nitrogen and oxygen atoms in total. The molecule has 0 unspecified atom stereocenters. The van der Waals surface area contributed by atoms with Crippen LogP contribution in [0, 0.1) is 11.8 Å². The van der Waals surface area contributed by atoms with Gasteiger partial charge >= 0.3 is 0 Å². The van der Waals surface area contributed by atoms with Crippen LogP contribution < -0.4 is 9.64 Å². The lowest BCUT2D eigenvalue weighted by molar-refractivity contribution is -0.126. The van der Waals surface area contributed by atoms with Crippen LogP contribution in [-0.4, -0.2) is 30.6 Å². The number of benzene rings is 1. The van der Waals surface area contributed by atoms with Crippen LogP contribution in [0.3, 0.4) is 0 Å². The summed E-state index contributed by atoms with van der Waals surface area (Å²) in [6.07, 6.45) is 3.49. The highest BCUT2D eigenvalue weighted by molar-refractivity contribution is 6.23. The number of hydrogen-bond acceptors (Lipinski definition) is 4. The molecule has 5 heteroatoms.